The van der Waals surface area contributed by atoms with Crippen LogP contribution >= 0.6 is 0 Å². The van der Waals surface area contributed by atoms with E-state index in [0.29, 0.717) is 30.1 Å². The van der Waals surface area contributed by atoms with E-state index in [4.69, 9.17) is 4.74 Å². The summed E-state index contributed by atoms with van der Waals surface area (Å²) in [5, 5.41) is 21.9. The molecule has 2 aromatic rings. The number of aliphatic hydroxyl groups is 1. The van der Waals surface area contributed by atoms with Crippen molar-refractivity contribution in [3.05, 3.63) is 41.6 Å². The Morgan fingerprint density at radius 1 is 1.22 bits per heavy atom. The summed E-state index contributed by atoms with van der Waals surface area (Å²) >= 11 is 0. The van der Waals surface area contributed by atoms with Crippen molar-refractivity contribution in [2.24, 2.45) is 5.41 Å². The number of amides is 1. The van der Waals surface area contributed by atoms with Crippen LogP contribution in [0.25, 0.3) is 5.69 Å². The van der Waals surface area contributed by atoms with Gasteiger partial charge in [-0.05, 0) is 61.8 Å². The van der Waals surface area contributed by atoms with Crippen molar-refractivity contribution < 1.29 is 19.4 Å². The maximum Gasteiger partial charge on any atom is 0.336 e. The van der Waals surface area contributed by atoms with Crippen LogP contribution in [-0.4, -0.2) is 84.8 Å². The standard InChI is InChI=1S/C21H25N7O4/c1-14-17(12-32-19(14)30)27-9-5-21(20(27)31)3-7-26(8-4-21)11-18(29)16-10-15(2-6-22-16)28-13-23-24-25-28/h2,6,10,13,18,29H,3-5,7-9,11-12H2,1H3/t18-/m1/s1. The van der Waals surface area contributed by atoms with E-state index in [1.165, 1.54) is 11.0 Å². The molecule has 0 aliphatic carbocycles. The second kappa shape index (κ2) is 8.06. The van der Waals surface area contributed by atoms with Gasteiger partial charge in [0.1, 0.15) is 19.0 Å². The third-order valence-electron chi connectivity index (χ3n) is 6.88. The highest BCUT2D eigenvalue weighted by Crippen LogP contribution is 2.43. The molecule has 0 radical (unpaired) electrons. The molecule has 1 amide bonds. The van der Waals surface area contributed by atoms with Crippen molar-refractivity contribution in [3.8, 4) is 5.69 Å². The third kappa shape index (κ3) is 3.56. The van der Waals surface area contributed by atoms with Crippen molar-refractivity contribution in [2.75, 3.05) is 32.8 Å². The van der Waals surface area contributed by atoms with Crippen LogP contribution in [0.2, 0.25) is 0 Å². The molecule has 3 aliphatic heterocycles. The van der Waals surface area contributed by atoms with Gasteiger partial charge in [-0.15, -0.1) is 5.10 Å². The lowest BCUT2D eigenvalue weighted by Gasteiger charge is -2.38. The van der Waals surface area contributed by atoms with Crippen LogP contribution in [0.5, 0.6) is 0 Å². The highest BCUT2D eigenvalue weighted by Gasteiger charge is 2.50. The van der Waals surface area contributed by atoms with Gasteiger partial charge in [-0.3, -0.25) is 9.78 Å². The number of cyclic esters (lactones) is 1. The normalized spacial score (nSPS) is 22.1. The summed E-state index contributed by atoms with van der Waals surface area (Å²) < 4.78 is 6.60. The first-order chi connectivity index (χ1) is 15.5. The van der Waals surface area contributed by atoms with Gasteiger partial charge in [0.2, 0.25) is 5.91 Å². The zero-order valence-corrected chi connectivity index (χ0v) is 17.8. The van der Waals surface area contributed by atoms with Crippen LogP contribution in [0.15, 0.2) is 35.9 Å². The number of hydrogen-bond donors (Lipinski definition) is 1. The van der Waals surface area contributed by atoms with Gasteiger partial charge in [-0.2, -0.15) is 0 Å². The first kappa shape index (κ1) is 20.7. The monoisotopic (exact) mass is 439 g/mol. The molecule has 2 fully saturated rings. The second-order valence-corrected chi connectivity index (χ2v) is 8.64. The molecule has 2 aromatic heterocycles. The molecule has 0 unspecified atom stereocenters. The Kier molecular flexibility index (Phi) is 5.22. The minimum absolute atomic E-state index is 0.0983. The predicted octanol–water partition coefficient (Wildman–Crippen LogP) is 0.236. The number of ether oxygens (including phenoxy) is 1. The topological polar surface area (TPSA) is 127 Å². The lowest BCUT2D eigenvalue weighted by molar-refractivity contribution is -0.138. The number of tetrazole rings is 1. The van der Waals surface area contributed by atoms with Crippen molar-refractivity contribution in [1.29, 1.82) is 0 Å². The van der Waals surface area contributed by atoms with Gasteiger partial charge in [-0.1, -0.05) is 0 Å². The van der Waals surface area contributed by atoms with Gasteiger partial charge in [-0.25, -0.2) is 9.48 Å². The molecule has 32 heavy (non-hydrogen) atoms. The lowest BCUT2D eigenvalue weighted by atomic mass is 9.77. The molecule has 1 atom stereocenters. The smallest absolute Gasteiger partial charge is 0.336 e. The van der Waals surface area contributed by atoms with Gasteiger partial charge in [0.05, 0.1) is 28.1 Å². The quantitative estimate of drug-likeness (QED) is 0.652. The van der Waals surface area contributed by atoms with E-state index < -0.39 is 11.5 Å². The number of piperidine rings is 1. The number of carbonyl (C=O) groups is 2. The highest BCUT2D eigenvalue weighted by atomic mass is 16.5. The summed E-state index contributed by atoms with van der Waals surface area (Å²) in [5.74, 6) is -0.239. The minimum Gasteiger partial charge on any atom is -0.456 e. The van der Waals surface area contributed by atoms with E-state index >= 15 is 0 Å². The maximum absolute atomic E-state index is 13.3. The third-order valence-corrected chi connectivity index (χ3v) is 6.88. The Morgan fingerprint density at radius 2 is 2.00 bits per heavy atom. The van der Waals surface area contributed by atoms with E-state index in [1.54, 1.807) is 30.2 Å². The Labute approximate surface area is 184 Å². The molecule has 11 nitrogen and oxygen atoms in total. The van der Waals surface area contributed by atoms with Gasteiger partial charge < -0.3 is 19.6 Å². The molecular formula is C21H25N7O4. The number of aliphatic hydroxyl groups excluding tert-OH is 1. The Bertz CT molecular complexity index is 1060. The van der Waals surface area contributed by atoms with Gasteiger partial charge in [0.25, 0.3) is 0 Å². The number of aromatic nitrogens is 5. The largest absolute Gasteiger partial charge is 0.456 e. The minimum atomic E-state index is -0.759. The molecule has 2 saturated heterocycles. The second-order valence-electron chi connectivity index (χ2n) is 8.64. The summed E-state index contributed by atoms with van der Waals surface area (Å²) in [6.45, 7) is 4.40. The molecule has 11 heteroatoms. The van der Waals surface area contributed by atoms with E-state index in [9.17, 15) is 14.7 Å². The fourth-order valence-corrected chi connectivity index (χ4v) is 4.83. The molecule has 1 N–H and O–H groups in total. The number of esters is 1. The zero-order chi connectivity index (χ0) is 22.3. The summed E-state index contributed by atoms with van der Waals surface area (Å²) in [7, 11) is 0. The van der Waals surface area contributed by atoms with Crippen LogP contribution in [0.1, 0.15) is 38.0 Å². The number of pyridine rings is 1. The van der Waals surface area contributed by atoms with Crippen LogP contribution in [0, 0.1) is 5.41 Å². The maximum atomic E-state index is 13.3. The first-order valence-electron chi connectivity index (χ1n) is 10.8. The number of β-amino-alcohol motifs (C(OH)–C–C–N with tert-alkyl or cyclic N) is 1. The van der Waals surface area contributed by atoms with E-state index in [-0.39, 0.29) is 18.5 Å². The van der Waals surface area contributed by atoms with Crippen molar-refractivity contribution in [3.63, 3.8) is 0 Å². The van der Waals surface area contributed by atoms with Gasteiger partial charge >= 0.3 is 5.97 Å². The summed E-state index contributed by atoms with van der Waals surface area (Å²) in [5.41, 5.74) is 2.14. The molecule has 168 valence electrons. The van der Waals surface area contributed by atoms with E-state index in [2.05, 4.69) is 25.4 Å². The zero-order valence-electron chi connectivity index (χ0n) is 17.8. The van der Waals surface area contributed by atoms with E-state index in [1.807, 2.05) is 0 Å². The molecule has 3 aliphatic rings. The highest BCUT2D eigenvalue weighted by molar-refractivity contribution is 5.94. The summed E-state index contributed by atoms with van der Waals surface area (Å²) in [4.78, 5) is 33.2. The fraction of sp³-hybridized carbons (Fsp3) is 0.524. The number of hydrogen-bond acceptors (Lipinski definition) is 9. The SMILES string of the molecule is CC1=C(N2CCC3(CCN(C[C@@H](O)c4cc(-n5cnnn5)ccn4)CC3)C2=O)COC1=O. The Morgan fingerprint density at radius 3 is 2.69 bits per heavy atom. The Balaban J connectivity index is 1.21. The molecule has 1 spiro atoms. The molecule has 0 saturated carbocycles. The average Bonchev–Trinajstić information content (AvgIpc) is 3.53. The number of likely N-dealkylation sites (tertiary alicyclic amines) is 2. The summed E-state index contributed by atoms with van der Waals surface area (Å²) in [6, 6.07) is 3.54. The van der Waals surface area contributed by atoms with Crippen molar-refractivity contribution >= 4 is 11.9 Å². The van der Waals surface area contributed by atoms with Crippen molar-refractivity contribution in [1.82, 2.24) is 35.0 Å². The number of rotatable bonds is 5. The van der Waals surface area contributed by atoms with Gasteiger partial charge in [0, 0.05) is 19.3 Å². The first-order valence-corrected chi connectivity index (χ1v) is 10.8. The van der Waals surface area contributed by atoms with Crippen molar-refractivity contribution in [2.45, 2.75) is 32.3 Å². The van der Waals surface area contributed by atoms with E-state index in [0.717, 1.165) is 38.0 Å². The molecule has 5 rings (SSSR count). The van der Waals surface area contributed by atoms with Crippen LogP contribution in [0.4, 0.5) is 0 Å². The number of nitrogens with zero attached hydrogens (tertiary/aromatic N) is 7. The molecule has 0 bridgehead atoms. The molecule has 0 aromatic carbocycles. The number of carbonyl (C=O) groups excluding carboxylic acids is 2. The lowest BCUT2D eigenvalue weighted by Crippen LogP contribution is -2.45. The van der Waals surface area contributed by atoms with Crippen LogP contribution < -0.4 is 0 Å². The molecule has 5 heterocycles. The average molecular weight is 439 g/mol. The molecular weight excluding hydrogens is 414 g/mol. The van der Waals surface area contributed by atoms with Gasteiger partial charge in [0.15, 0.2) is 0 Å². The predicted molar refractivity (Wildman–Crippen MR) is 110 cm³/mol. The van der Waals surface area contributed by atoms with Crippen LogP contribution in [0.3, 0.4) is 0 Å². The Hall–Kier alpha value is -3.18. The fourth-order valence-electron chi connectivity index (χ4n) is 4.83. The van der Waals surface area contributed by atoms with Crippen LogP contribution in [-0.2, 0) is 14.3 Å². The summed E-state index contributed by atoms with van der Waals surface area (Å²) in [6.07, 6.45) is 4.60.